The van der Waals surface area contributed by atoms with Gasteiger partial charge in [0, 0.05) is 25.2 Å². The van der Waals surface area contributed by atoms with E-state index in [1.807, 2.05) is 36.4 Å². The minimum atomic E-state index is -0.179. The summed E-state index contributed by atoms with van der Waals surface area (Å²) >= 11 is 5.96. The molecule has 2 unspecified atom stereocenters. The van der Waals surface area contributed by atoms with Crippen molar-refractivity contribution in [3.63, 3.8) is 0 Å². The Labute approximate surface area is 177 Å². The Kier molecular flexibility index (Phi) is 7.23. The summed E-state index contributed by atoms with van der Waals surface area (Å²) in [6, 6.07) is 14.9. The third-order valence-electron chi connectivity index (χ3n) is 4.74. The summed E-state index contributed by atoms with van der Waals surface area (Å²) in [6.07, 6.45) is 0.294. The lowest BCUT2D eigenvalue weighted by Crippen LogP contribution is -2.46. The number of urea groups is 1. The fourth-order valence-corrected chi connectivity index (χ4v) is 3.58. The molecule has 2 aromatic rings. The van der Waals surface area contributed by atoms with E-state index in [4.69, 9.17) is 21.1 Å². The Bertz CT molecular complexity index is 822. The van der Waals surface area contributed by atoms with Gasteiger partial charge in [0.15, 0.2) is 0 Å². The predicted octanol–water partition coefficient (Wildman–Crippen LogP) is 4.50. The number of anilines is 2. The van der Waals surface area contributed by atoms with Gasteiger partial charge in [0.1, 0.15) is 12.4 Å². The summed E-state index contributed by atoms with van der Waals surface area (Å²) < 4.78 is 11.5. The number of rotatable bonds is 6. The fourth-order valence-electron chi connectivity index (χ4n) is 3.40. The molecule has 0 saturated carbocycles. The first-order valence-electron chi connectivity index (χ1n) is 9.82. The van der Waals surface area contributed by atoms with Gasteiger partial charge in [-0.2, -0.15) is 0 Å². The molecule has 1 N–H and O–H groups in total. The zero-order chi connectivity index (χ0) is 20.8. The normalized spacial score (nSPS) is 19.0. The number of ether oxygens (including phenoxy) is 2. The van der Waals surface area contributed by atoms with Crippen molar-refractivity contribution in [2.24, 2.45) is 0 Å². The zero-order valence-electron chi connectivity index (χ0n) is 17.1. The highest BCUT2D eigenvalue weighted by atomic mass is 35.5. The molecule has 0 bridgehead atoms. The number of carbonyl (C=O) groups is 1. The van der Waals surface area contributed by atoms with Gasteiger partial charge in [-0.15, -0.1) is 0 Å². The van der Waals surface area contributed by atoms with E-state index in [1.165, 1.54) is 0 Å². The first kappa shape index (κ1) is 21.3. The number of halogens is 1. The van der Waals surface area contributed by atoms with Crippen LogP contribution in [0.4, 0.5) is 16.2 Å². The molecule has 2 aromatic carbocycles. The average Bonchev–Trinajstić information content (AvgIpc) is 2.67. The molecule has 0 radical (unpaired) electrons. The molecule has 2 atom stereocenters. The summed E-state index contributed by atoms with van der Waals surface area (Å²) in [6.45, 7) is 6.55. The third-order valence-corrected chi connectivity index (χ3v) is 4.98. The molecule has 1 aliphatic rings. The summed E-state index contributed by atoms with van der Waals surface area (Å²) in [5, 5.41) is 3.65. The van der Waals surface area contributed by atoms with Crippen molar-refractivity contribution >= 4 is 29.0 Å². The van der Waals surface area contributed by atoms with E-state index in [-0.39, 0.29) is 18.2 Å². The van der Waals surface area contributed by atoms with Crippen molar-refractivity contribution in [1.29, 1.82) is 0 Å². The SMILES string of the molecule is CC1CN(c2ccccc2NC(=O)N(C)CCOc2cccc(Cl)c2)CC(C)O1. The molecule has 0 spiro atoms. The Morgan fingerprint density at radius 1 is 1.21 bits per heavy atom. The van der Waals surface area contributed by atoms with Gasteiger partial charge in [-0.1, -0.05) is 29.8 Å². The molecule has 2 amide bonds. The van der Waals surface area contributed by atoms with Crippen molar-refractivity contribution in [2.45, 2.75) is 26.1 Å². The van der Waals surface area contributed by atoms with E-state index in [0.717, 1.165) is 24.5 Å². The summed E-state index contributed by atoms with van der Waals surface area (Å²) in [4.78, 5) is 16.5. The summed E-state index contributed by atoms with van der Waals surface area (Å²) in [5.41, 5.74) is 1.80. The third kappa shape index (κ3) is 6.02. The van der Waals surface area contributed by atoms with Crippen LogP contribution in [-0.2, 0) is 4.74 Å². The second kappa shape index (κ2) is 9.85. The first-order chi connectivity index (χ1) is 13.9. The zero-order valence-corrected chi connectivity index (χ0v) is 17.9. The van der Waals surface area contributed by atoms with E-state index in [1.54, 1.807) is 24.1 Å². The lowest BCUT2D eigenvalue weighted by atomic mass is 10.1. The van der Waals surface area contributed by atoms with Crippen LogP contribution in [0.25, 0.3) is 0 Å². The van der Waals surface area contributed by atoms with Crippen LogP contribution in [0.3, 0.4) is 0 Å². The first-order valence-corrected chi connectivity index (χ1v) is 10.2. The van der Waals surface area contributed by atoms with Gasteiger partial charge < -0.3 is 24.6 Å². The van der Waals surface area contributed by atoms with Gasteiger partial charge in [0.05, 0.1) is 30.1 Å². The van der Waals surface area contributed by atoms with Gasteiger partial charge in [-0.05, 0) is 44.2 Å². The van der Waals surface area contributed by atoms with Crippen molar-refractivity contribution in [2.75, 3.05) is 43.5 Å². The maximum Gasteiger partial charge on any atom is 0.321 e. The summed E-state index contributed by atoms with van der Waals surface area (Å²) in [7, 11) is 1.75. The topological polar surface area (TPSA) is 54.0 Å². The lowest BCUT2D eigenvalue weighted by Gasteiger charge is -2.37. The van der Waals surface area contributed by atoms with Crippen LogP contribution in [0.2, 0.25) is 5.02 Å². The van der Waals surface area contributed by atoms with Crippen LogP contribution >= 0.6 is 11.6 Å². The van der Waals surface area contributed by atoms with Crippen molar-refractivity contribution in [3.8, 4) is 5.75 Å². The van der Waals surface area contributed by atoms with Gasteiger partial charge in [-0.3, -0.25) is 0 Å². The number of nitrogens with one attached hydrogen (secondary N) is 1. The Morgan fingerprint density at radius 2 is 1.93 bits per heavy atom. The highest BCUT2D eigenvalue weighted by Gasteiger charge is 2.24. The predicted molar refractivity (Wildman–Crippen MR) is 117 cm³/mol. The van der Waals surface area contributed by atoms with Crippen LogP contribution in [0.1, 0.15) is 13.8 Å². The number of likely N-dealkylation sites (N-methyl/N-ethyl adjacent to an activating group) is 1. The number of nitrogens with zero attached hydrogens (tertiary/aromatic N) is 2. The van der Waals surface area contributed by atoms with Crippen LogP contribution in [0.15, 0.2) is 48.5 Å². The van der Waals surface area contributed by atoms with Crippen molar-refractivity contribution in [3.05, 3.63) is 53.6 Å². The van der Waals surface area contributed by atoms with Crippen LogP contribution in [0.5, 0.6) is 5.75 Å². The Hall–Kier alpha value is -2.44. The number of morpholine rings is 1. The molecule has 7 heteroatoms. The second-order valence-electron chi connectivity index (χ2n) is 7.34. The molecule has 156 valence electrons. The maximum absolute atomic E-state index is 12.7. The molecule has 0 aromatic heterocycles. The van der Waals surface area contributed by atoms with E-state index >= 15 is 0 Å². The standard InChI is InChI=1S/C22H28ClN3O3/c1-16-14-26(15-17(2)29-16)21-10-5-4-9-20(21)24-22(27)25(3)11-12-28-19-8-6-7-18(23)13-19/h4-10,13,16-17H,11-12,14-15H2,1-3H3,(H,24,27). The molecule has 1 saturated heterocycles. The van der Waals surface area contributed by atoms with Crippen LogP contribution in [-0.4, -0.2) is 56.4 Å². The molecule has 0 aliphatic carbocycles. The Balaban J connectivity index is 1.57. The average molecular weight is 418 g/mol. The Morgan fingerprint density at radius 3 is 2.66 bits per heavy atom. The van der Waals surface area contributed by atoms with E-state index in [2.05, 4.69) is 24.1 Å². The number of amides is 2. The van der Waals surface area contributed by atoms with E-state index < -0.39 is 0 Å². The highest BCUT2D eigenvalue weighted by Crippen LogP contribution is 2.28. The number of para-hydroxylation sites is 2. The highest BCUT2D eigenvalue weighted by molar-refractivity contribution is 6.30. The van der Waals surface area contributed by atoms with Crippen molar-refractivity contribution < 1.29 is 14.3 Å². The van der Waals surface area contributed by atoms with Gasteiger partial charge in [0.2, 0.25) is 0 Å². The minimum Gasteiger partial charge on any atom is -0.492 e. The molecule has 1 aliphatic heterocycles. The quantitative estimate of drug-likeness (QED) is 0.752. The minimum absolute atomic E-state index is 0.147. The maximum atomic E-state index is 12.7. The van der Waals surface area contributed by atoms with Crippen LogP contribution < -0.4 is 15.0 Å². The number of benzene rings is 2. The molecular formula is C22H28ClN3O3. The van der Waals surface area contributed by atoms with Crippen molar-refractivity contribution in [1.82, 2.24) is 4.90 Å². The molecule has 1 heterocycles. The van der Waals surface area contributed by atoms with E-state index in [0.29, 0.717) is 23.9 Å². The van der Waals surface area contributed by atoms with Gasteiger partial charge >= 0.3 is 6.03 Å². The second-order valence-corrected chi connectivity index (χ2v) is 7.77. The lowest BCUT2D eigenvalue weighted by molar-refractivity contribution is -0.00517. The molecule has 1 fully saturated rings. The summed E-state index contributed by atoms with van der Waals surface area (Å²) in [5.74, 6) is 0.687. The fraction of sp³-hybridized carbons (Fsp3) is 0.409. The molecular weight excluding hydrogens is 390 g/mol. The monoisotopic (exact) mass is 417 g/mol. The molecule has 6 nitrogen and oxygen atoms in total. The number of hydrogen-bond acceptors (Lipinski definition) is 4. The van der Waals surface area contributed by atoms with Gasteiger partial charge in [-0.25, -0.2) is 4.79 Å². The number of carbonyl (C=O) groups excluding carboxylic acids is 1. The van der Waals surface area contributed by atoms with E-state index in [9.17, 15) is 4.79 Å². The van der Waals surface area contributed by atoms with Crippen LogP contribution in [0, 0.1) is 0 Å². The number of hydrogen-bond donors (Lipinski definition) is 1. The van der Waals surface area contributed by atoms with Gasteiger partial charge in [0.25, 0.3) is 0 Å². The largest absolute Gasteiger partial charge is 0.492 e. The smallest absolute Gasteiger partial charge is 0.321 e. The molecule has 3 rings (SSSR count). The molecule has 29 heavy (non-hydrogen) atoms.